The van der Waals surface area contributed by atoms with Gasteiger partial charge in [0.25, 0.3) is 11.6 Å². The molecule has 1 aromatic carbocycles. The van der Waals surface area contributed by atoms with Crippen molar-refractivity contribution >= 4 is 5.69 Å². The van der Waals surface area contributed by atoms with Crippen LogP contribution < -0.4 is 16.0 Å². The Hall–Kier alpha value is -2.30. The van der Waals surface area contributed by atoms with Gasteiger partial charge in [0.15, 0.2) is 0 Å². The summed E-state index contributed by atoms with van der Waals surface area (Å²) in [7, 11) is 1.49. The van der Waals surface area contributed by atoms with Crippen molar-refractivity contribution in [1.29, 1.82) is 0 Å². The van der Waals surface area contributed by atoms with Crippen LogP contribution in [0.3, 0.4) is 0 Å². The molecule has 0 radical (unpaired) electrons. The maximum absolute atomic E-state index is 11.9. The van der Waals surface area contributed by atoms with Crippen LogP contribution in [0.1, 0.15) is 11.3 Å². The van der Waals surface area contributed by atoms with Crippen molar-refractivity contribution in [2.75, 3.05) is 12.8 Å². The van der Waals surface area contributed by atoms with E-state index in [2.05, 4.69) is 4.98 Å². The first-order valence-corrected chi connectivity index (χ1v) is 5.57. The van der Waals surface area contributed by atoms with Gasteiger partial charge in [-0.05, 0) is 18.6 Å². The van der Waals surface area contributed by atoms with E-state index in [1.807, 2.05) is 18.2 Å². The highest BCUT2D eigenvalue weighted by atomic mass is 16.5. The number of ether oxygens (including phenoxy) is 1. The Labute approximate surface area is 105 Å². The van der Waals surface area contributed by atoms with Crippen LogP contribution in [-0.2, 0) is 6.54 Å². The van der Waals surface area contributed by atoms with Crippen molar-refractivity contribution in [3.8, 4) is 6.01 Å². The van der Waals surface area contributed by atoms with Crippen LogP contribution in [0.4, 0.5) is 5.69 Å². The predicted molar refractivity (Wildman–Crippen MR) is 69.7 cm³/mol. The van der Waals surface area contributed by atoms with E-state index in [4.69, 9.17) is 10.5 Å². The fourth-order valence-corrected chi connectivity index (χ4v) is 1.74. The molecule has 0 aliphatic carbocycles. The quantitative estimate of drug-likeness (QED) is 0.825. The van der Waals surface area contributed by atoms with Crippen molar-refractivity contribution in [3.63, 3.8) is 0 Å². The van der Waals surface area contributed by atoms with Gasteiger partial charge >= 0.3 is 0 Å². The Bertz CT molecular complexity index is 620. The largest absolute Gasteiger partial charge is 0.468 e. The minimum atomic E-state index is -0.150. The Morgan fingerprint density at radius 3 is 2.78 bits per heavy atom. The Morgan fingerprint density at radius 1 is 1.39 bits per heavy atom. The van der Waals surface area contributed by atoms with Crippen LogP contribution in [0.15, 0.2) is 35.1 Å². The van der Waals surface area contributed by atoms with E-state index in [9.17, 15) is 4.79 Å². The van der Waals surface area contributed by atoms with E-state index in [0.717, 1.165) is 5.56 Å². The normalized spacial score (nSPS) is 10.3. The van der Waals surface area contributed by atoms with Crippen molar-refractivity contribution in [2.45, 2.75) is 13.5 Å². The molecule has 0 amide bonds. The molecule has 0 unspecified atom stereocenters. The standard InChI is InChI=1S/C13H15N3O2/c1-9-7-12(17)16(13(15-9)18-2)8-10-5-3-4-6-11(10)14/h3-7H,8,14H2,1-2H3. The molecule has 18 heavy (non-hydrogen) atoms. The average Bonchev–Trinajstić information content (AvgIpc) is 2.34. The molecule has 2 aromatic rings. The zero-order valence-electron chi connectivity index (χ0n) is 10.4. The van der Waals surface area contributed by atoms with E-state index in [-0.39, 0.29) is 5.56 Å². The number of anilines is 1. The molecule has 5 nitrogen and oxygen atoms in total. The molecule has 0 aliphatic rings. The first-order chi connectivity index (χ1) is 8.61. The van der Waals surface area contributed by atoms with Crippen LogP contribution in [0.2, 0.25) is 0 Å². The van der Waals surface area contributed by atoms with Gasteiger partial charge in [0, 0.05) is 17.4 Å². The van der Waals surface area contributed by atoms with Crippen LogP contribution >= 0.6 is 0 Å². The minimum absolute atomic E-state index is 0.150. The van der Waals surface area contributed by atoms with E-state index in [1.165, 1.54) is 17.7 Å². The van der Waals surface area contributed by atoms with Gasteiger partial charge in [-0.1, -0.05) is 18.2 Å². The van der Waals surface area contributed by atoms with Crippen molar-refractivity contribution < 1.29 is 4.74 Å². The summed E-state index contributed by atoms with van der Waals surface area (Å²) in [4.78, 5) is 16.1. The minimum Gasteiger partial charge on any atom is -0.468 e. The van der Waals surface area contributed by atoms with Crippen molar-refractivity contribution in [2.24, 2.45) is 0 Å². The lowest BCUT2D eigenvalue weighted by Gasteiger charge is -2.12. The van der Waals surface area contributed by atoms with Gasteiger partial charge in [-0.15, -0.1) is 0 Å². The third kappa shape index (κ3) is 2.34. The van der Waals surface area contributed by atoms with Gasteiger partial charge in [-0.25, -0.2) is 4.98 Å². The second kappa shape index (κ2) is 4.91. The summed E-state index contributed by atoms with van der Waals surface area (Å²) >= 11 is 0. The molecule has 94 valence electrons. The number of rotatable bonds is 3. The highest BCUT2D eigenvalue weighted by Crippen LogP contribution is 2.14. The number of hydrogen-bond donors (Lipinski definition) is 1. The van der Waals surface area contributed by atoms with Crippen molar-refractivity contribution in [1.82, 2.24) is 9.55 Å². The number of nitrogens with zero attached hydrogens (tertiary/aromatic N) is 2. The molecule has 1 heterocycles. The maximum atomic E-state index is 11.9. The molecule has 5 heteroatoms. The second-order valence-electron chi connectivity index (χ2n) is 4.01. The highest BCUT2D eigenvalue weighted by molar-refractivity contribution is 5.46. The molecule has 0 spiro atoms. The molecule has 0 fully saturated rings. The molecular formula is C13H15N3O2. The smallest absolute Gasteiger partial charge is 0.299 e. The van der Waals surface area contributed by atoms with Crippen LogP contribution in [-0.4, -0.2) is 16.7 Å². The van der Waals surface area contributed by atoms with Gasteiger partial charge in [-0.2, -0.15) is 0 Å². The van der Waals surface area contributed by atoms with E-state index < -0.39 is 0 Å². The number of benzene rings is 1. The Kier molecular flexibility index (Phi) is 3.32. The summed E-state index contributed by atoms with van der Waals surface area (Å²) in [6.45, 7) is 2.10. The van der Waals surface area contributed by atoms with Gasteiger partial charge in [0.2, 0.25) is 0 Å². The van der Waals surface area contributed by atoms with Crippen LogP contribution in [0, 0.1) is 6.92 Å². The Balaban J connectivity index is 2.47. The lowest BCUT2D eigenvalue weighted by molar-refractivity contribution is 0.350. The third-order valence-corrected chi connectivity index (χ3v) is 2.67. The number of hydrogen-bond acceptors (Lipinski definition) is 4. The first-order valence-electron chi connectivity index (χ1n) is 5.57. The van der Waals surface area contributed by atoms with Gasteiger partial charge in [0.05, 0.1) is 13.7 Å². The van der Waals surface area contributed by atoms with E-state index in [1.54, 1.807) is 13.0 Å². The third-order valence-electron chi connectivity index (χ3n) is 2.67. The molecule has 0 saturated heterocycles. The Morgan fingerprint density at radius 2 is 2.11 bits per heavy atom. The molecule has 2 rings (SSSR count). The summed E-state index contributed by atoms with van der Waals surface area (Å²) in [6, 6.07) is 9.18. The first kappa shape index (κ1) is 12.2. The second-order valence-corrected chi connectivity index (χ2v) is 4.01. The van der Waals surface area contributed by atoms with E-state index >= 15 is 0 Å². The summed E-state index contributed by atoms with van der Waals surface area (Å²) in [6.07, 6.45) is 0. The van der Waals surface area contributed by atoms with E-state index in [0.29, 0.717) is 23.9 Å². The number of nitrogen functional groups attached to an aromatic ring is 1. The number of aromatic nitrogens is 2. The summed E-state index contributed by atoms with van der Waals surface area (Å²) < 4.78 is 6.59. The zero-order chi connectivity index (χ0) is 13.1. The molecule has 0 atom stereocenters. The number of nitrogens with two attached hydrogens (primary N) is 1. The monoisotopic (exact) mass is 245 g/mol. The molecular weight excluding hydrogens is 230 g/mol. The van der Waals surface area contributed by atoms with Crippen LogP contribution in [0.25, 0.3) is 0 Å². The lowest BCUT2D eigenvalue weighted by Crippen LogP contribution is -2.23. The molecule has 2 N–H and O–H groups in total. The average molecular weight is 245 g/mol. The van der Waals surface area contributed by atoms with Gasteiger partial charge in [-0.3, -0.25) is 9.36 Å². The molecule has 1 aromatic heterocycles. The lowest BCUT2D eigenvalue weighted by atomic mass is 10.2. The molecule has 0 bridgehead atoms. The molecule has 0 saturated carbocycles. The summed E-state index contributed by atoms with van der Waals surface area (Å²) in [5.41, 5.74) is 7.86. The SMILES string of the molecule is COc1nc(C)cc(=O)n1Cc1ccccc1N. The summed E-state index contributed by atoms with van der Waals surface area (Å²) in [5, 5.41) is 0. The van der Waals surface area contributed by atoms with Crippen LogP contribution in [0.5, 0.6) is 6.01 Å². The van der Waals surface area contributed by atoms with Crippen molar-refractivity contribution in [3.05, 3.63) is 51.9 Å². The number of methoxy groups -OCH3 is 1. The van der Waals surface area contributed by atoms with Gasteiger partial charge < -0.3 is 10.5 Å². The maximum Gasteiger partial charge on any atom is 0.299 e. The molecule has 0 aliphatic heterocycles. The topological polar surface area (TPSA) is 70.1 Å². The fourth-order valence-electron chi connectivity index (χ4n) is 1.74. The summed E-state index contributed by atoms with van der Waals surface area (Å²) in [5.74, 6) is 0. The predicted octanol–water partition coefficient (Wildman–Crippen LogP) is 1.19. The van der Waals surface area contributed by atoms with Gasteiger partial charge in [0.1, 0.15) is 0 Å². The highest BCUT2D eigenvalue weighted by Gasteiger charge is 2.09. The fraction of sp³-hybridized carbons (Fsp3) is 0.231. The number of aryl methyl sites for hydroxylation is 1. The number of para-hydroxylation sites is 1. The zero-order valence-corrected chi connectivity index (χ0v) is 10.4.